The fourth-order valence-electron chi connectivity index (χ4n) is 10.9. The van der Waals surface area contributed by atoms with Crippen LogP contribution in [0.1, 0.15) is 110 Å². The predicted octanol–water partition coefficient (Wildman–Crippen LogP) is 5.88. The van der Waals surface area contributed by atoms with Crippen molar-refractivity contribution in [3.05, 3.63) is 102 Å². The van der Waals surface area contributed by atoms with E-state index in [2.05, 4.69) is 31.3 Å². The van der Waals surface area contributed by atoms with E-state index in [0.717, 1.165) is 22.1 Å². The van der Waals surface area contributed by atoms with Gasteiger partial charge < -0.3 is 83.7 Å². The highest BCUT2D eigenvalue weighted by Crippen LogP contribution is 2.45. The normalized spacial score (nSPS) is 15.2. The van der Waals surface area contributed by atoms with E-state index in [1.807, 2.05) is 13.0 Å². The molecule has 28 heteroatoms. The summed E-state index contributed by atoms with van der Waals surface area (Å²) in [5.74, 6) is -3.08. The lowest BCUT2D eigenvalue weighted by molar-refractivity contribution is -0.148. The molecule has 0 saturated carbocycles. The number of cyclic esters (lactones) is 1. The molecule has 0 saturated heterocycles. The highest BCUT2D eigenvalue weighted by molar-refractivity contribution is 5.98. The number of aromatic nitrogens is 2. The number of nitrogens with two attached hydrogens (primary N) is 1. The molecule has 2 aliphatic heterocycles. The van der Waals surface area contributed by atoms with Crippen molar-refractivity contribution in [2.45, 2.75) is 116 Å². The molecule has 6 N–H and O–H groups in total. The number of pyridine rings is 2. The summed E-state index contributed by atoms with van der Waals surface area (Å²) in [7, 11) is 0. The fraction of sp³-hybridized carbons (Fsp3) is 0.609. The number of benzene rings is 2. The van der Waals surface area contributed by atoms with Gasteiger partial charge in [0.25, 0.3) is 5.56 Å². The van der Waals surface area contributed by atoms with Crippen LogP contribution in [0.4, 0.5) is 14.9 Å². The van der Waals surface area contributed by atoms with Gasteiger partial charge in [-0.1, -0.05) is 38.0 Å². The van der Waals surface area contributed by atoms with Gasteiger partial charge in [-0.25, -0.2) is 14.2 Å². The molecule has 0 radical (unpaired) electrons. The lowest BCUT2D eigenvalue weighted by atomic mass is 9.81. The van der Waals surface area contributed by atoms with E-state index in [0.29, 0.717) is 202 Å². The maximum absolute atomic E-state index is 15.5. The minimum Gasteiger partial charge on any atom is -0.460 e. The largest absolute Gasteiger partial charge is 0.460 e. The standard InChI is InChI=1S/C64H89FN10O17/c1-5-45-47-36-54-59-48(38-75(54)62(79)49(47)40-91-63(45)80)57-51(14-13-46-42(4)50(65)37-53(70-59)56(46)57)72-64(81)92-39-43-9-11-44(12-10-43)69-60(77)52(8-6-7-16-66)71-61(78)58(41(2)3)73-55(76)15-18-82-20-22-84-24-26-86-28-30-88-32-34-90-35-33-89-31-29-87-27-25-85-23-21-83-19-17-68-74-67/h9-12,36-37,41,45,51-52,58H,5-8,13-35,38-40,66H2,1-4H3,(H,69,77)(H,71,78)(H,72,81)(H,73,76)/t45-,51+,52+,58+/m1/s1. The Morgan fingerprint density at radius 1 is 0.783 bits per heavy atom. The van der Waals surface area contributed by atoms with Crippen molar-refractivity contribution in [1.29, 1.82) is 0 Å². The van der Waals surface area contributed by atoms with Crippen LogP contribution in [0.2, 0.25) is 0 Å². The van der Waals surface area contributed by atoms with Crippen LogP contribution in [0, 0.1) is 18.7 Å². The second-order valence-electron chi connectivity index (χ2n) is 22.5. The number of nitrogens with one attached hydrogen (secondary N) is 4. The van der Waals surface area contributed by atoms with E-state index in [1.165, 1.54) is 6.07 Å². The molecular weight excluding hydrogens is 1200 g/mol. The van der Waals surface area contributed by atoms with Crippen LogP contribution in [0.15, 0.2) is 46.3 Å². The average molecular weight is 1290 g/mol. The van der Waals surface area contributed by atoms with Gasteiger partial charge in [0.15, 0.2) is 0 Å². The molecule has 0 bridgehead atoms. The minimum absolute atomic E-state index is 0.00117. The second-order valence-corrected chi connectivity index (χ2v) is 22.5. The summed E-state index contributed by atoms with van der Waals surface area (Å²) < 4.78 is 77.5. The molecule has 2 aromatic carbocycles. The molecule has 0 unspecified atom stereocenters. The monoisotopic (exact) mass is 1290 g/mol. The summed E-state index contributed by atoms with van der Waals surface area (Å²) in [6, 6.07) is 7.48. The average Bonchev–Trinajstić information content (AvgIpc) is 1.48. The summed E-state index contributed by atoms with van der Waals surface area (Å²) in [6.07, 6.45) is 2.11. The number of anilines is 1. The summed E-state index contributed by atoms with van der Waals surface area (Å²) >= 11 is 0. The van der Waals surface area contributed by atoms with E-state index < -0.39 is 59.6 Å². The fourth-order valence-corrected chi connectivity index (χ4v) is 10.9. The number of ether oxygens (including phenoxy) is 11. The van der Waals surface area contributed by atoms with Crippen LogP contribution in [-0.4, -0.2) is 183 Å². The van der Waals surface area contributed by atoms with E-state index in [4.69, 9.17) is 68.4 Å². The van der Waals surface area contributed by atoms with Gasteiger partial charge in [0, 0.05) is 40.6 Å². The number of azide groups is 1. The van der Waals surface area contributed by atoms with E-state index >= 15 is 4.39 Å². The van der Waals surface area contributed by atoms with Crippen LogP contribution < -0.4 is 32.6 Å². The van der Waals surface area contributed by atoms with Gasteiger partial charge in [0.2, 0.25) is 17.7 Å². The molecule has 4 aromatic rings. The van der Waals surface area contributed by atoms with Crippen molar-refractivity contribution >= 4 is 46.4 Å². The van der Waals surface area contributed by atoms with Crippen LogP contribution >= 0.6 is 0 Å². The zero-order valence-corrected chi connectivity index (χ0v) is 53.2. The Hall–Kier alpha value is -7.21. The Labute approximate surface area is 534 Å². The van der Waals surface area contributed by atoms with Gasteiger partial charge in [0.05, 0.1) is 160 Å². The second kappa shape index (κ2) is 38.7. The van der Waals surface area contributed by atoms with Gasteiger partial charge in [-0.15, -0.1) is 0 Å². The first-order valence-corrected chi connectivity index (χ1v) is 31.7. The maximum Gasteiger partial charge on any atom is 0.407 e. The highest BCUT2D eigenvalue weighted by atomic mass is 19.1. The van der Waals surface area contributed by atoms with Crippen LogP contribution in [0.5, 0.6) is 0 Å². The number of amides is 4. The summed E-state index contributed by atoms with van der Waals surface area (Å²) in [6.45, 7) is 14.7. The van der Waals surface area contributed by atoms with Gasteiger partial charge in [0.1, 0.15) is 31.1 Å². The first-order chi connectivity index (χ1) is 44.7. The number of hydrogen-bond donors (Lipinski definition) is 5. The molecule has 504 valence electrons. The maximum atomic E-state index is 15.5. The zero-order valence-electron chi connectivity index (χ0n) is 53.2. The third-order valence-electron chi connectivity index (χ3n) is 15.8. The van der Waals surface area contributed by atoms with E-state index in [9.17, 15) is 28.8 Å². The number of rotatable bonds is 44. The van der Waals surface area contributed by atoms with Crippen molar-refractivity contribution in [2.24, 2.45) is 16.8 Å². The number of aryl methyl sites for hydroxylation is 1. The van der Waals surface area contributed by atoms with Crippen molar-refractivity contribution in [3.63, 3.8) is 0 Å². The Morgan fingerprint density at radius 3 is 1.93 bits per heavy atom. The number of hydrogen-bond acceptors (Lipinski definition) is 20. The van der Waals surface area contributed by atoms with Gasteiger partial charge in [-0.05, 0) is 109 Å². The molecule has 4 heterocycles. The zero-order chi connectivity index (χ0) is 65.6. The Morgan fingerprint density at radius 2 is 1.37 bits per heavy atom. The number of alkyl carbamates (subject to hydrolysis) is 1. The smallest absolute Gasteiger partial charge is 0.407 e. The van der Waals surface area contributed by atoms with Crippen molar-refractivity contribution in [2.75, 3.05) is 137 Å². The minimum atomic E-state index is -0.950. The molecule has 1 aliphatic carbocycles. The topological polar surface area (TPSA) is 345 Å². The Kier molecular flexibility index (Phi) is 30.4. The van der Waals surface area contributed by atoms with Crippen LogP contribution in [0.3, 0.4) is 0 Å². The molecule has 2 aromatic heterocycles. The molecule has 7 rings (SSSR count). The van der Waals surface area contributed by atoms with E-state index in [-0.39, 0.29) is 50.9 Å². The van der Waals surface area contributed by atoms with Crippen LogP contribution in [-0.2, 0) is 97.5 Å². The lowest BCUT2D eigenvalue weighted by Crippen LogP contribution is -2.54. The molecule has 92 heavy (non-hydrogen) atoms. The number of unbranched alkanes of at least 4 members (excludes halogenated alkanes) is 1. The number of nitrogens with zero attached hydrogens (tertiary/aromatic N) is 5. The van der Waals surface area contributed by atoms with Crippen molar-refractivity contribution < 1.29 is 80.5 Å². The molecule has 27 nitrogen and oxygen atoms in total. The number of carbonyl (C=O) groups excluding carboxylic acids is 5. The number of carbonyl (C=O) groups is 5. The quantitative estimate of drug-likeness (QED) is 0.00999. The molecular formula is C64H89FN10O17. The molecule has 4 atom stereocenters. The molecule has 4 amide bonds. The third kappa shape index (κ3) is 21.4. The lowest BCUT2D eigenvalue weighted by Gasteiger charge is -2.29. The Balaban J connectivity index is 0.759. The van der Waals surface area contributed by atoms with Gasteiger partial charge in [-0.3, -0.25) is 24.0 Å². The first kappa shape index (κ1) is 72.2. The molecule has 3 aliphatic rings. The SMILES string of the molecule is CC[C@H]1C(=O)OCc2c1cc1n(c2=O)Cc2c-1nc1cc(F)c(C)c3c1c2[C@@H](NC(=O)OCc1ccc(NC(=O)[C@H](CCCCN)NC(=O)[C@@H](NC(=O)CCOCCOCCOCCOCCOCCOCCOCCOCCOCCN=[N+]=[N-])C(C)C)cc1)CC3. The number of fused-ring (bicyclic) bond motifs is 5. The summed E-state index contributed by atoms with van der Waals surface area (Å²) in [5.41, 5.74) is 20.0. The summed E-state index contributed by atoms with van der Waals surface area (Å²) in [4.78, 5) is 88.5. The third-order valence-corrected chi connectivity index (χ3v) is 15.8. The number of halogens is 1. The summed E-state index contributed by atoms with van der Waals surface area (Å²) in [5, 5.41) is 15.7. The van der Waals surface area contributed by atoms with Crippen molar-refractivity contribution in [1.82, 2.24) is 25.5 Å². The molecule has 0 spiro atoms. The van der Waals surface area contributed by atoms with Gasteiger partial charge in [-0.2, -0.15) is 0 Å². The highest BCUT2D eigenvalue weighted by Gasteiger charge is 2.38. The Bertz CT molecular complexity index is 3180. The molecule has 0 fully saturated rings. The van der Waals surface area contributed by atoms with E-state index in [1.54, 1.807) is 49.6 Å². The first-order valence-electron chi connectivity index (χ1n) is 31.7. The van der Waals surface area contributed by atoms with Gasteiger partial charge >= 0.3 is 12.1 Å². The van der Waals surface area contributed by atoms with Crippen molar-refractivity contribution in [3.8, 4) is 11.4 Å². The predicted molar refractivity (Wildman–Crippen MR) is 335 cm³/mol. The van der Waals surface area contributed by atoms with Crippen LogP contribution in [0.25, 0.3) is 32.7 Å². The number of esters is 1.